The van der Waals surface area contributed by atoms with Gasteiger partial charge >= 0.3 is 0 Å². The fourth-order valence-corrected chi connectivity index (χ4v) is 2.73. The summed E-state index contributed by atoms with van der Waals surface area (Å²) in [7, 11) is 1.95. The molecule has 1 aromatic rings. The molecule has 1 aromatic carbocycles. The van der Waals surface area contributed by atoms with E-state index in [4.69, 9.17) is 27.9 Å². The Balaban J connectivity index is 2.95. The van der Waals surface area contributed by atoms with Crippen molar-refractivity contribution < 1.29 is 4.74 Å². The molecule has 0 radical (unpaired) electrons. The quantitative estimate of drug-likeness (QED) is 0.809. The van der Waals surface area contributed by atoms with Crippen LogP contribution in [0.2, 0.25) is 10.0 Å². The third-order valence-corrected chi connectivity index (χ3v) is 4.58. The second-order valence-electron chi connectivity index (χ2n) is 4.86. The monoisotopic (exact) mass is 303 g/mol. The number of hydrogen-bond acceptors (Lipinski definition) is 2. The summed E-state index contributed by atoms with van der Waals surface area (Å²) in [5.41, 5.74) is 0.836. The van der Waals surface area contributed by atoms with Crippen LogP contribution in [0.4, 0.5) is 0 Å². The van der Waals surface area contributed by atoms with E-state index >= 15 is 0 Å². The predicted octanol–water partition coefficient (Wildman–Crippen LogP) is 4.33. The Hall–Kier alpha value is -0.280. The molecule has 0 saturated carbocycles. The first kappa shape index (κ1) is 16.8. The van der Waals surface area contributed by atoms with Crippen LogP contribution in [0.5, 0.6) is 0 Å². The van der Waals surface area contributed by atoms with Gasteiger partial charge in [-0.3, -0.25) is 0 Å². The van der Waals surface area contributed by atoms with Gasteiger partial charge in [-0.05, 0) is 45.4 Å². The minimum absolute atomic E-state index is 0.188. The number of nitrogens with one attached hydrogen (secondary N) is 1. The molecule has 0 bridgehead atoms. The van der Waals surface area contributed by atoms with Crippen LogP contribution < -0.4 is 5.32 Å². The topological polar surface area (TPSA) is 21.3 Å². The molecule has 0 heterocycles. The molecular formula is C15H23Cl2NO. The molecule has 0 fully saturated rings. The summed E-state index contributed by atoms with van der Waals surface area (Å²) in [5.74, 6) is 0. The third kappa shape index (κ3) is 4.09. The van der Waals surface area contributed by atoms with Crippen molar-refractivity contribution in [1.82, 2.24) is 5.32 Å². The average molecular weight is 304 g/mol. The second kappa shape index (κ2) is 7.49. The number of hydrogen-bond donors (Lipinski definition) is 1. The van der Waals surface area contributed by atoms with Gasteiger partial charge in [0.1, 0.15) is 0 Å². The summed E-state index contributed by atoms with van der Waals surface area (Å²) in [6.07, 6.45) is 1.73. The molecule has 108 valence electrons. The molecule has 0 amide bonds. The van der Waals surface area contributed by atoms with Gasteiger partial charge in [0.05, 0.1) is 15.6 Å². The van der Waals surface area contributed by atoms with Gasteiger partial charge in [0, 0.05) is 12.6 Å². The maximum Gasteiger partial charge on any atom is 0.0807 e. The Labute approximate surface area is 126 Å². The molecule has 19 heavy (non-hydrogen) atoms. The van der Waals surface area contributed by atoms with Crippen LogP contribution in [0, 0.1) is 0 Å². The maximum absolute atomic E-state index is 6.26. The Morgan fingerprint density at radius 1 is 1.32 bits per heavy atom. The van der Waals surface area contributed by atoms with Crippen molar-refractivity contribution >= 4 is 23.2 Å². The lowest BCUT2D eigenvalue weighted by atomic mass is 9.88. The molecule has 0 aliphatic heterocycles. The van der Waals surface area contributed by atoms with Crippen molar-refractivity contribution in [2.24, 2.45) is 0 Å². The Morgan fingerprint density at radius 3 is 2.53 bits per heavy atom. The first-order valence-electron chi connectivity index (χ1n) is 6.72. The number of ether oxygens (including phenoxy) is 1. The minimum Gasteiger partial charge on any atom is -0.374 e. The molecule has 2 nitrogen and oxygen atoms in total. The highest BCUT2D eigenvalue weighted by Crippen LogP contribution is 2.29. The Kier molecular flexibility index (Phi) is 6.61. The van der Waals surface area contributed by atoms with E-state index in [1.165, 1.54) is 0 Å². The van der Waals surface area contributed by atoms with E-state index in [0.717, 1.165) is 18.4 Å². The van der Waals surface area contributed by atoms with Crippen molar-refractivity contribution in [1.29, 1.82) is 0 Å². The first-order chi connectivity index (χ1) is 8.98. The van der Waals surface area contributed by atoms with Crippen molar-refractivity contribution in [3.8, 4) is 0 Å². The first-order valence-corrected chi connectivity index (χ1v) is 7.48. The lowest BCUT2D eigenvalue weighted by molar-refractivity contribution is -0.0534. The summed E-state index contributed by atoms with van der Waals surface area (Å²) < 4.78 is 5.94. The summed E-state index contributed by atoms with van der Waals surface area (Å²) in [6.45, 7) is 6.99. The smallest absolute Gasteiger partial charge is 0.0807 e. The zero-order valence-corrected chi connectivity index (χ0v) is 13.6. The van der Waals surface area contributed by atoms with Gasteiger partial charge in [-0.15, -0.1) is 0 Å². The molecular weight excluding hydrogens is 281 g/mol. The number of likely N-dealkylation sites (N-methyl/N-ethyl adjacent to an activating group) is 1. The molecule has 0 spiro atoms. The molecule has 2 atom stereocenters. The van der Waals surface area contributed by atoms with Crippen LogP contribution in [-0.4, -0.2) is 25.3 Å². The maximum atomic E-state index is 6.26. The van der Waals surface area contributed by atoms with Gasteiger partial charge in [-0.2, -0.15) is 0 Å². The van der Waals surface area contributed by atoms with Crippen LogP contribution in [0.25, 0.3) is 0 Å². The van der Waals surface area contributed by atoms with Crippen LogP contribution >= 0.6 is 23.2 Å². The van der Waals surface area contributed by atoms with Gasteiger partial charge in [-0.1, -0.05) is 42.3 Å². The summed E-state index contributed by atoms with van der Waals surface area (Å²) in [6, 6.07) is 5.94. The normalized spacial score (nSPS) is 16.1. The minimum atomic E-state index is -0.213. The highest BCUT2D eigenvalue weighted by Gasteiger charge is 2.32. The van der Waals surface area contributed by atoms with Gasteiger partial charge in [0.2, 0.25) is 0 Å². The highest BCUT2D eigenvalue weighted by atomic mass is 35.5. The average Bonchev–Trinajstić information content (AvgIpc) is 2.40. The van der Waals surface area contributed by atoms with Crippen molar-refractivity contribution in [3.05, 3.63) is 33.8 Å². The Morgan fingerprint density at radius 2 is 2.00 bits per heavy atom. The molecule has 0 saturated heterocycles. The molecule has 1 N–H and O–H groups in total. The highest BCUT2D eigenvalue weighted by molar-refractivity contribution is 6.42. The standard InChI is InChI=1S/C15H23Cl2NO/c1-5-15(3,19-6-2)13(18-4)10-11-8-7-9-12(16)14(11)17/h7-9,13,18H,5-6,10H2,1-4H3. The van der Waals surface area contributed by atoms with Crippen LogP contribution in [-0.2, 0) is 11.2 Å². The fourth-order valence-electron chi connectivity index (χ4n) is 2.33. The van der Waals surface area contributed by atoms with Crippen LogP contribution in [0.3, 0.4) is 0 Å². The largest absolute Gasteiger partial charge is 0.374 e. The summed E-state index contributed by atoms with van der Waals surface area (Å²) in [5, 5.41) is 4.59. The van der Waals surface area contributed by atoms with Crippen LogP contribution in [0.1, 0.15) is 32.8 Å². The van der Waals surface area contributed by atoms with E-state index in [1.807, 2.05) is 32.2 Å². The molecule has 1 rings (SSSR count). The lowest BCUT2D eigenvalue weighted by Gasteiger charge is -2.37. The van der Waals surface area contributed by atoms with Gasteiger partial charge in [-0.25, -0.2) is 0 Å². The lowest BCUT2D eigenvalue weighted by Crippen LogP contribution is -2.50. The van der Waals surface area contributed by atoms with E-state index in [0.29, 0.717) is 16.7 Å². The van der Waals surface area contributed by atoms with E-state index in [2.05, 4.69) is 19.2 Å². The SMILES string of the molecule is CCOC(C)(CC)C(Cc1cccc(Cl)c1Cl)NC. The van der Waals surface area contributed by atoms with Gasteiger partial charge < -0.3 is 10.1 Å². The fraction of sp³-hybridized carbons (Fsp3) is 0.600. The Bertz CT molecular complexity index is 411. The molecule has 0 aliphatic carbocycles. The second-order valence-corrected chi connectivity index (χ2v) is 5.64. The van der Waals surface area contributed by atoms with E-state index in [1.54, 1.807) is 0 Å². The zero-order valence-electron chi connectivity index (χ0n) is 12.1. The zero-order chi connectivity index (χ0) is 14.5. The molecule has 2 unspecified atom stereocenters. The van der Waals surface area contributed by atoms with Gasteiger partial charge in [0.15, 0.2) is 0 Å². The van der Waals surface area contributed by atoms with Gasteiger partial charge in [0.25, 0.3) is 0 Å². The molecule has 0 aromatic heterocycles. The third-order valence-electron chi connectivity index (χ3n) is 3.72. The number of benzene rings is 1. The van der Waals surface area contributed by atoms with E-state index < -0.39 is 0 Å². The summed E-state index contributed by atoms with van der Waals surface area (Å²) in [4.78, 5) is 0. The molecule has 4 heteroatoms. The van der Waals surface area contributed by atoms with E-state index in [9.17, 15) is 0 Å². The van der Waals surface area contributed by atoms with E-state index in [-0.39, 0.29) is 11.6 Å². The van der Waals surface area contributed by atoms with Crippen molar-refractivity contribution in [3.63, 3.8) is 0 Å². The predicted molar refractivity (Wildman–Crippen MR) is 83.3 cm³/mol. The number of rotatable bonds is 7. The summed E-state index contributed by atoms with van der Waals surface area (Å²) >= 11 is 12.3. The van der Waals surface area contributed by atoms with Crippen molar-refractivity contribution in [2.45, 2.75) is 45.3 Å². The molecule has 0 aliphatic rings. The van der Waals surface area contributed by atoms with Crippen LogP contribution in [0.15, 0.2) is 18.2 Å². The number of halogens is 2. The van der Waals surface area contributed by atoms with Crippen molar-refractivity contribution in [2.75, 3.05) is 13.7 Å².